The van der Waals surface area contributed by atoms with Crippen molar-refractivity contribution in [2.75, 3.05) is 11.1 Å². The molecule has 1 amide bonds. The van der Waals surface area contributed by atoms with Crippen LogP contribution in [0.1, 0.15) is 11.1 Å². The second kappa shape index (κ2) is 9.77. The molecule has 0 bridgehead atoms. The van der Waals surface area contributed by atoms with Crippen molar-refractivity contribution >= 4 is 46.6 Å². The second-order valence-electron chi connectivity index (χ2n) is 7.26. The van der Waals surface area contributed by atoms with Gasteiger partial charge in [0.05, 0.1) is 11.4 Å². The van der Waals surface area contributed by atoms with Crippen LogP contribution < -0.4 is 5.32 Å². The molecule has 0 aliphatic heterocycles. The Kier molecular flexibility index (Phi) is 6.84. The molecule has 0 atom stereocenters. The normalized spacial score (nSPS) is 10.9. The molecule has 0 aliphatic rings. The highest BCUT2D eigenvalue weighted by Gasteiger charge is 2.18. The number of thioether (sulfide) groups is 1. The molecule has 3 aromatic carbocycles. The maximum absolute atomic E-state index is 12.5. The summed E-state index contributed by atoms with van der Waals surface area (Å²) in [5.41, 5.74) is 4.83. The van der Waals surface area contributed by atoms with Crippen LogP contribution in [0, 0.1) is 13.8 Å². The van der Waals surface area contributed by atoms with Crippen LogP contribution in [-0.2, 0) is 4.79 Å². The van der Waals surface area contributed by atoms with Gasteiger partial charge in [-0.2, -0.15) is 0 Å². The maximum Gasteiger partial charge on any atom is 0.234 e. The largest absolute Gasteiger partial charge is 0.325 e. The van der Waals surface area contributed by atoms with Gasteiger partial charge in [-0.3, -0.25) is 9.36 Å². The lowest BCUT2D eigenvalue weighted by molar-refractivity contribution is -0.113. The molecule has 4 aromatic rings. The number of amides is 1. The van der Waals surface area contributed by atoms with Crippen LogP contribution in [0.3, 0.4) is 0 Å². The van der Waals surface area contributed by atoms with Gasteiger partial charge in [0.15, 0.2) is 11.0 Å². The molecule has 0 unspecified atom stereocenters. The number of halogens is 2. The number of carbonyl (C=O) groups excluding carboxylic acids is 1. The average Bonchev–Trinajstić information content (AvgIpc) is 3.19. The molecule has 1 heterocycles. The number of hydrogen-bond acceptors (Lipinski definition) is 4. The summed E-state index contributed by atoms with van der Waals surface area (Å²) in [5.74, 6) is 0.707. The van der Waals surface area contributed by atoms with Crippen molar-refractivity contribution in [1.82, 2.24) is 14.8 Å². The molecular weight excluding hydrogens is 463 g/mol. The third-order valence-electron chi connectivity index (χ3n) is 4.93. The highest BCUT2D eigenvalue weighted by molar-refractivity contribution is 7.99. The smallest absolute Gasteiger partial charge is 0.234 e. The first-order chi connectivity index (χ1) is 15.4. The Hall–Kier alpha value is -2.80. The lowest BCUT2D eigenvalue weighted by Gasteiger charge is -2.12. The monoisotopic (exact) mass is 482 g/mol. The topological polar surface area (TPSA) is 59.8 Å². The Labute approximate surface area is 200 Å². The van der Waals surface area contributed by atoms with E-state index in [-0.39, 0.29) is 11.7 Å². The van der Waals surface area contributed by atoms with Crippen LogP contribution in [0.25, 0.3) is 17.1 Å². The van der Waals surface area contributed by atoms with Gasteiger partial charge in [-0.05, 0) is 79.6 Å². The van der Waals surface area contributed by atoms with Gasteiger partial charge in [-0.1, -0.05) is 47.1 Å². The van der Waals surface area contributed by atoms with Crippen LogP contribution in [0.5, 0.6) is 0 Å². The number of anilines is 1. The molecule has 0 fully saturated rings. The summed E-state index contributed by atoms with van der Waals surface area (Å²) < 4.78 is 1.97. The Bertz CT molecular complexity index is 1270. The number of aryl methyl sites for hydroxylation is 2. The summed E-state index contributed by atoms with van der Waals surface area (Å²) >= 11 is 13.4. The quantitative estimate of drug-likeness (QED) is 0.315. The number of nitrogens with one attached hydrogen (secondary N) is 1. The van der Waals surface area contributed by atoms with Crippen LogP contribution in [0.15, 0.2) is 71.9 Å². The van der Waals surface area contributed by atoms with E-state index in [9.17, 15) is 4.79 Å². The van der Waals surface area contributed by atoms with E-state index >= 15 is 0 Å². The zero-order valence-corrected chi connectivity index (χ0v) is 19.8. The lowest BCUT2D eigenvalue weighted by Crippen LogP contribution is -2.14. The fourth-order valence-corrected chi connectivity index (χ4v) is 4.21. The van der Waals surface area contributed by atoms with Crippen LogP contribution >= 0.6 is 35.0 Å². The zero-order valence-electron chi connectivity index (χ0n) is 17.5. The fraction of sp³-hybridized carbons (Fsp3) is 0.125. The Morgan fingerprint density at radius 3 is 2.44 bits per heavy atom. The number of hydrogen-bond donors (Lipinski definition) is 1. The number of carbonyl (C=O) groups is 1. The SMILES string of the molecule is Cc1ccc(-n2c(SCC(=O)Nc3cccc(Cl)c3)nnc2-c2ccc(Cl)cc2)cc1C. The molecule has 0 aliphatic carbocycles. The van der Waals surface area contributed by atoms with Gasteiger partial charge < -0.3 is 5.32 Å². The maximum atomic E-state index is 12.5. The van der Waals surface area contributed by atoms with E-state index in [0.29, 0.717) is 26.7 Å². The number of benzene rings is 3. The molecule has 1 N–H and O–H groups in total. The van der Waals surface area contributed by atoms with Gasteiger partial charge in [-0.25, -0.2) is 0 Å². The minimum atomic E-state index is -0.153. The van der Waals surface area contributed by atoms with Gasteiger partial charge in [0.2, 0.25) is 5.91 Å². The summed E-state index contributed by atoms with van der Waals surface area (Å²) in [6, 6.07) is 20.7. The van der Waals surface area contributed by atoms with Crippen molar-refractivity contribution in [1.29, 1.82) is 0 Å². The summed E-state index contributed by atoms with van der Waals surface area (Å²) in [6.45, 7) is 4.14. The third-order valence-corrected chi connectivity index (χ3v) is 6.34. The minimum absolute atomic E-state index is 0.153. The number of nitrogens with zero attached hydrogens (tertiary/aromatic N) is 3. The Morgan fingerprint density at radius 1 is 0.938 bits per heavy atom. The minimum Gasteiger partial charge on any atom is -0.325 e. The van der Waals surface area contributed by atoms with Crippen molar-refractivity contribution in [3.8, 4) is 17.1 Å². The van der Waals surface area contributed by atoms with E-state index in [2.05, 4.69) is 41.5 Å². The second-order valence-corrected chi connectivity index (χ2v) is 9.08. The van der Waals surface area contributed by atoms with Crippen molar-refractivity contribution in [3.63, 3.8) is 0 Å². The van der Waals surface area contributed by atoms with Crippen LogP contribution in [0.4, 0.5) is 5.69 Å². The molecule has 0 radical (unpaired) electrons. The van der Waals surface area contributed by atoms with E-state index in [1.54, 1.807) is 24.3 Å². The van der Waals surface area contributed by atoms with Gasteiger partial charge >= 0.3 is 0 Å². The molecule has 0 saturated carbocycles. The first-order valence-electron chi connectivity index (χ1n) is 9.88. The van der Waals surface area contributed by atoms with Gasteiger partial charge in [0, 0.05) is 21.3 Å². The van der Waals surface area contributed by atoms with Gasteiger partial charge in [0.25, 0.3) is 0 Å². The molecule has 1 aromatic heterocycles. The predicted molar refractivity (Wildman–Crippen MR) is 132 cm³/mol. The molecular formula is C24H20Cl2N4OS. The standard InChI is InChI=1S/C24H20Cl2N4OS/c1-15-6-11-21(12-16(15)2)30-23(17-7-9-18(25)10-8-17)28-29-24(30)32-14-22(31)27-20-5-3-4-19(26)13-20/h3-13H,14H2,1-2H3,(H,27,31). The van der Waals surface area contributed by atoms with E-state index < -0.39 is 0 Å². The van der Waals surface area contributed by atoms with E-state index in [0.717, 1.165) is 16.8 Å². The van der Waals surface area contributed by atoms with Gasteiger partial charge in [0.1, 0.15) is 0 Å². The first kappa shape index (κ1) is 22.4. The molecule has 0 spiro atoms. The van der Waals surface area contributed by atoms with Crippen molar-refractivity contribution in [2.45, 2.75) is 19.0 Å². The molecule has 32 heavy (non-hydrogen) atoms. The summed E-state index contributed by atoms with van der Waals surface area (Å²) in [4.78, 5) is 12.5. The van der Waals surface area contributed by atoms with E-state index in [4.69, 9.17) is 23.2 Å². The number of aromatic nitrogens is 3. The van der Waals surface area contributed by atoms with E-state index in [1.807, 2.05) is 34.9 Å². The molecule has 5 nitrogen and oxygen atoms in total. The van der Waals surface area contributed by atoms with E-state index in [1.165, 1.54) is 17.3 Å². The molecule has 0 saturated heterocycles. The Morgan fingerprint density at radius 2 is 1.72 bits per heavy atom. The predicted octanol–water partition coefficient (Wildman–Crippen LogP) is 6.59. The number of rotatable bonds is 6. The zero-order chi connectivity index (χ0) is 22.7. The van der Waals surface area contributed by atoms with Crippen molar-refractivity contribution in [2.24, 2.45) is 0 Å². The summed E-state index contributed by atoms with van der Waals surface area (Å²) in [7, 11) is 0. The lowest BCUT2D eigenvalue weighted by atomic mass is 10.1. The average molecular weight is 483 g/mol. The van der Waals surface area contributed by atoms with Crippen molar-refractivity contribution < 1.29 is 4.79 Å². The molecule has 162 valence electrons. The third kappa shape index (κ3) is 5.15. The first-order valence-corrected chi connectivity index (χ1v) is 11.6. The van der Waals surface area contributed by atoms with Gasteiger partial charge in [-0.15, -0.1) is 10.2 Å². The highest BCUT2D eigenvalue weighted by Crippen LogP contribution is 2.29. The van der Waals surface area contributed by atoms with Crippen LogP contribution in [0.2, 0.25) is 10.0 Å². The summed E-state index contributed by atoms with van der Waals surface area (Å²) in [5, 5.41) is 13.5. The highest BCUT2D eigenvalue weighted by atomic mass is 35.5. The molecule has 4 rings (SSSR count). The Balaban J connectivity index is 1.63. The van der Waals surface area contributed by atoms with Crippen molar-refractivity contribution in [3.05, 3.63) is 87.9 Å². The fourth-order valence-electron chi connectivity index (χ4n) is 3.14. The van der Waals surface area contributed by atoms with Crippen LogP contribution in [-0.4, -0.2) is 26.4 Å². The molecule has 8 heteroatoms. The summed E-state index contributed by atoms with van der Waals surface area (Å²) in [6.07, 6.45) is 0.